The molecule has 0 N–H and O–H groups in total. The predicted octanol–water partition coefficient (Wildman–Crippen LogP) is 4.41. The quantitative estimate of drug-likeness (QED) is 0.719. The van der Waals surface area contributed by atoms with E-state index in [9.17, 15) is 4.79 Å². The van der Waals surface area contributed by atoms with Crippen LogP contribution in [0.4, 0.5) is 0 Å². The van der Waals surface area contributed by atoms with Crippen LogP contribution in [-0.2, 0) is 22.4 Å². The number of esters is 1. The van der Waals surface area contributed by atoms with Gasteiger partial charge >= 0.3 is 5.97 Å². The van der Waals surface area contributed by atoms with Crippen molar-refractivity contribution in [2.75, 3.05) is 6.61 Å². The maximum atomic E-state index is 11.8. The summed E-state index contributed by atoms with van der Waals surface area (Å²) in [6, 6.07) is 8.74. The van der Waals surface area contributed by atoms with E-state index in [-0.39, 0.29) is 5.97 Å². The summed E-state index contributed by atoms with van der Waals surface area (Å²) in [5.74, 6) is 0.283. The first-order chi connectivity index (χ1) is 9.36. The van der Waals surface area contributed by atoms with E-state index in [1.807, 2.05) is 20.8 Å². The summed E-state index contributed by atoms with van der Waals surface area (Å²) >= 11 is 0. The van der Waals surface area contributed by atoms with Crippen LogP contribution in [0.15, 0.2) is 24.3 Å². The maximum Gasteiger partial charge on any atom is 0.311 e. The summed E-state index contributed by atoms with van der Waals surface area (Å²) in [5.41, 5.74) is 2.27. The van der Waals surface area contributed by atoms with Crippen LogP contribution in [0.25, 0.3) is 0 Å². The van der Waals surface area contributed by atoms with Gasteiger partial charge in [-0.1, -0.05) is 38.1 Å². The molecule has 1 unspecified atom stereocenters. The Hall–Kier alpha value is -1.31. The minimum Gasteiger partial charge on any atom is -0.465 e. The van der Waals surface area contributed by atoms with E-state index in [1.54, 1.807) is 0 Å². The first-order valence-corrected chi connectivity index (χ1v) is 7.61. The molecule has 1 atom stereocenters. The number of aryl methyl sites for hydroxylation is 1. The van der Waals surface area contributed by atoms with Gasteiger partial charge in [0.1, 0.15) is 0 Å². The first kappa shape index (κ1) is 16.7. The fraction of sp³-hybridized carbons (Fsp3) is 0.611. The van der Waals surface area contributed by atoms with Crippen molar-refractivity contribution in [3.63, 3.8) is 0 Å². The van der Waals surface area contributed by atoms with Gasteiger partial charge in [0, 0.05) is 0 Å². The first-order valence-electron chi connectivity index (χ1n) is 7.61. The lowest BCUT2D eigenvalue weighted by atomic mass is 9.95. The van der Waals surface area contributed by atoms with Gasteiger partial charge in [0.25, 0.3) is 0 Å². The fourth-order valence-electron chi connectivity index (χ4n) is 1.98. The highest BCUT2D eigenvalue weighted by atomic mass is 16.5. The Morgan fingerprint density at radius 2 is 1.65 bits per heavy atom. The topological polar surface area (TPSA) is 26.3 Å². The second-order valence-electron chi connectivity index (χ2n) is 6.50. The highest BCUT2D eigenvalue weighted by Crippen LogP contribution is 2.18. The SMILES string of the molecule is CCc1ccc(CC(CC)COC(=O)C(C)(C)C)cc1. The highest BCUT2D eigenvalue weighted by Gasteiger charge is 2.23. The predicted molar refractivity (Wildman–Crippen MR) is 83.7 cm³/mol. The van der Waals surface area contributed by atoms with Gasteiger partial charge in [-0.15, -0.1) is 0 Å². The smallest absolute Gasteiger partial charge is 0.311 e. The van der Waals surface area contributed by atoms with Crippen molar-refractivity contribution in [1.29, 1.82) is 0 Å². The summed E-state index contributed by atoms with van der Waals surface area (Å²) in [4.78, 5) is 11.8. The molecule has 2 nitrogen and oxygen atoms in total. The minimum atomic E-state index is -0.416. The summed E-state index contributed by atoms with van der Waals surface area (Å²) in [7, 11) is 0. The van der Waals surface area contributed by atoms with Crippen LogP contribution in [0.3, 0.4) is 0 Å². The molecular formula is C18H28O2. The number of ether oxygens (including phenoxy) is 1. The van der Waals surface area contributed by atoms with Crippen LogP contribution in [-0.4, -0.2) is 12.6 Å². The van der Waals surface area contributed by atoms with Crippen molar-refractivity contribution >= 4 is 5.97 Å². The van der Waals surface area contributed by atoms with E-state index in [2.05, 4.69) is 38.1 Å². The molecule has 0 aliphatic heterocycles. The number of carbonyl (C=O) groups is 1. The van der Waals surface area contributed by atoms with Crippen molar-refractivity contribution in [1.82, 2.24) is 0 Å². The van der Waals surface area contributed by atoms with Crippen LogP contribution in [0.1, 0.15) is 52.2 Å². The molecule has 0 aliphatic rings. The Balaban J connectivity index is 2.52. The molecule has 0 spiro atoms. The van der Waals surface area contributed by atoms with E-state index in [0.717, 1.165) is 19.3 Å². The van der Waals surface area contributed by atoms with Crippen LogP contribution in [0, 0.1) is 11.3 Å². The molecule has 0 aromatic heterocycles. The van der Waals surface area contributed by atoms with E-state index in [4.69, 9.17) is 4.74 Å². The standard InChI is InChI=1S/C18H28O2/c1-6-14-8-10-16(11-9-14)12-15(7-2)13-20-17(19)18(3,4)5/h8-11,15H,6-7,12-13H2,1-5H3. The number of hydrogen-bond acceptors (Lipinski definition) is 2. The Labute approximate surface area is 123 Å². The monoisotopic (exact) mass is 276 g/mol. The molecular weight excluding hydrogens is 248 g/mol. The summed E-state index contributed by atoms with van der Waals surface area (Å²) in [6.07, 6.45) is 3.06. The third kappa shape index (κ3) is 5.36. The molecule has 112 valence electrons. The van der Waals surface area contributed by atoms with Gasteiger partial charge in [-0.05, 0) is 57.1 Å². The van der Waals surface area contributed by atoms with Gasteiger partial charge < -0.3 is 4.74 Å². The molecule has 0 saturated carbocycles. The fourth-order valence-corrected chi connectivity index (χ4v) is 1.98. The maximum absolute atomic E-state index is 11.8. The van der Waals surface area contributed by atoms with Crippen LogP contribution >= 0.6 is 0 Å². The van der Waals surface area contributed by atoms with Crippen LogP contribution in [0.2, 0.25) is 0 Å². The van der Waals surface area contributed by atoms with Gasteiger partial charge in [0.15, 0.2) is 0 Å². The van der Waals surface area contributed by atoms with E-state index in [1.165, 1.54) is 11.1 Å². The molecule has 0 aliphatic carbocycles. The van der Waals surface area contributed by atoms with Crippen LogP contribution in [0.5, 0.6) is 0 Å². The van der Waals surface area contributed by atoms with Gasteiger partial charge in [0.05, 0.1) is 12.0 Å². The van der Waals surface area contributed by atoms with E-state index >= 15 is 0 Å². The van der Waals surface area contributed by atoms with Crippen molar-refractivity contribution in [3.8, 4) is 0 Å². The van der Waals surface area contributed by atoms with Crippen molar-refractivity contribution in [2.24, 2.45) is 11.3 Å². The van der Waals surface area contributed by atoms with Gasteiger partial charge in [-0.25, -0.2) is 0 Å². The minimum absolute atomic E-state index is 0.114. The number of rotatable bonds is 6. The zero-order valence-corrected chi connectivity index (χ0v) is 13.5. The molecule has 0 radical (unpaired) electrons. The Morgan fingerprint density at radius 3 is 2.10 bits per heavy atom. The third-order valence-corrected chi connectivity index (χ3v) is 3.60. The van der Waals surface area contributed by atoms with Gasteiger partial charge in [0.2, 0.25) is 0 Å². The largest absolute Gasteiger partial charge is 0.465 e. The Morgan fingerprint density at radius 1 is 1.10 bits per heavy atom. The number of benzene rings is 1. The molecule has 0 saturated heterocycles. The molecule has 2 heteroatoms. The summed E-state index contributed by atoms with van der Waals surface area (Å²) in [5, 5.41) is 0. The Bertz CT molecular complexity index is 412. The Kier molecular flexibility index (Phi) is 6.25. The second kappa shape index (κ2) is 7.47. The molecule has 1 rings (SSSR count). The molecule has 20 heavy (non-hydrogen) atoms. The normalized spacial score (nSPS) is 13.1. The zero-order chi connectivity index (χ0) is 15.2. The molecule has 0 amide bonds. The average Bonchev–Trinajstić information content (AvgIpc) is 2.42. The van der Waals surface area contributed by atoms with Gasteiger partial charge in [-0.2, -0.15) is 0 Å². The lowest BCUT2D eigenvalue weighted by Crippen LogP contribution is -2.26. The number of hydrogen-bond donors (Lipinski definition) is 0. The lowest BCUT2D eigenvalue weighted by molar-refractivity contribution is -0.154. The van der Waals surface area contributed by atoms with Crippen molar-refractivity contribution < 1.29 is 9.53 Å². The zero-order valence-electron chi connectivity index (χ0n) is 13.5. The van der Waals surface area contributed by atoms with Gasteiger partial charge in [-0.3, -0.25) is 4.79 Å². The summed E-state index contributed by atoms with van der Waals surface area (Å²) in [6.45, 7) is 10.5. The molecule has 0 bridgehead atoms. The third-order valence-electron chi connectivity index (χ3n) is 3.60. The van der Waals surface area contributed by atoms with Crippen molar-refractivity contribution in [3.05, 3.63) is 35.4 Å². The molecule has 0 heterocycles. The average molecular weight is 276 g/mol. The highest BCUT2D eigenvalue weighted by molar-refractivity contribution is 5.75. The lowest BCUT2D eigenvalue weighted by Gasteiger charge is -2.20. The van der Waals surface area contributed by atoms with Crippen molar-refractivity contribution in [2.45, 2.75) is 53.9 Å². The van der Waals surface area contributed by atoms with E-state index in [0.29, 0.717) is 12.5 Å². The molecule has 0 fully saturated rings. The second-order valence-corrected chi connectivity index (χ2v) is 6.50. The molecule has 1 aromatic carbocycles. The van der Waals surface area contributed by atoms with E-state index < -0.39 is 5.41 Å². The molecule has 1 aromatic rings. The summed E-state index contributed by atoms with van der Waals surface area (Å²) < 4.78 is 5.44. The van der Waals surface area contributed by atoms with Crippen LogP contribution < -0.4 is 0 Å². The number of carbonyl (C=O) groups excluding carboxylic acids is 1.